The molecule has 0 N–H and O–H groups in total. The summed E-state index contributed by atoms with van der Waals surface area (Å²) < 4.78 is 5.87. The summed E-state index contributed by atoms with van der Waals surface area (Å²) in [5.41, 5.74) is 3.92. The van der Waals surface area contributed by atoms with Gasteiger partial charge >= 0.3 is 0 Å². The van der Waals surface area contributed by atoms with E-state index in [9.17, 15) is 5.26 Å². The third-order valence-corrected chi connectivity index (χ3v) is 6.04. The van der Waals surface area contributed by atoms with Gasteiger partial charge < -0.3 is 9.64 Å². The molecule has 4 nitrogen and oxygen atoms in total. The Kier molecular flexibility index (Phi) is 6.93. The van der Waals surface area contributed by atoms with Crippen molar-refractivity contribution in [1.29, 1.82) is 5.26 Å². The van der Waals surface area contributed by atoms with Crippen LogP contribution < -0.4 is 4.74 Å². The summed E-state index contributed by atoms with van der Waals surface area (Å²) in [6.45, 7) is 5.26. The highest BCUT2D eigenvalue weighted by Crippen LogP contribution is 2.18. The molecule has 0 aromatic heterocycles. The van der Waals surface area contributed by atoms with E-state index in [1.807, 2.05) is 42.5 Å². The van der Waals surface area contributed by atoms with E-state index in [1.165, 1.54) is 5.56 Å². The number of hydrogen-bond acceptors (Lipinski definition) is 4. The lowest BCUT2D eigenvalue weighted by atomic mass is 10.1. The molecule has 0 radical (unpaired) electrons. The molecule has 4 rings (SSSR count). The van der Waals surface area contributed by atoms with Crippen LogP contribution >= 0.6 is 12.2 Å². The van der Waals surface area contributed by atoms with Gasteiger partial charge in [0.05, 0.1) is 11.6 Å². The lowest BCUT2D eigenvalue weighted by Crippen LogP contribution is -2.47. The Morgan fingerprint density at radius 3 is 2.26 bits per heavy atom. The van der Waals surface area contributed by atoms with Crippen molar-refractivity contribution >= 4 is 17.2 Å². The Hall–Kier alpha value is -3.20. The lowest BCUT2D eigenvalue weighted by Gasteiger charge is -2.36. The minimum absolute atomic E-state index is 0.372. The Morgan fingerprint density at radius 2 is 1.55 bits per heavy atom. The maximum atomic E-state index is 9.20. The van der Waals surface area contributed by atoms with Crippen molar-refractivity contribution in [3.63, 3.8) is 0 Å². The number of benzene rings is 3. The van der Waals surface area contributed by atoms with Crippen LogP contribution in [0, 0.1) is 11.3 Å². The Morgan fingerprint density at radius 1 is 0.871 bits per heavy atom. The smallest absolute Gasteiger partial charge is 0.119 e. The zero-order chi connectivity index (χ0) is 21.5. The van der Waals surface area contributed by atoms with E-state index in [0.717, 1.165) is 54.6 Å². The van der Waals surface area contributed by atoms with Gasteiger partial charge in [-0.05, 0) is 35.9 Å². The third-order valence-electron chi connectivity index (χ3n) is 5.54. The molecule has 1 aliphatic heterocycles. The number of rotatable bonds is 6. The van der Waals surface area contributed by atoms with E-state index in [-0.39, 0.29) is 0 Å². The average Bonchev–Trinajstić information content (AvgIpc) is 2.84. The summed E-state index contributed by atoms with van der Waals surface area (Å²) in [5.74, 6) is 0.770. The second-order valence-corrected chi connectivity index (χ2v) is 8.02. The minimum atomic E-state index is 0.372. The normalized spacial score (nSPS) is 14.1. The van der Waals surface area contributed by atoms with Crippen LogP contribution in [0.3, 0.4) is 0 Å². The number of thiocarbonyl (C=S) groups is 1. The second-order valence-electron chi connectivity index (χ2n) is 7.64. The molecule has 0 bridgehead atoms. The minimum Gasteiger partial charge on any atom is -0.489 e. The van der Waals surface area contributed by atoms with Crippen molar-refractivity contribution < 1.29 is 4.74 Å². The first-order valence-electron chi connectivity index (χ1n) is 10.5. The van der Waals surface area contributed by atoms with Crippen LogP contribution in [0.15, 0.2) is 78.9 Å². The highest BCUT2D eigenvalue weighted by atomic mass is 32.1. The van der Waals surface area contributed by atoms with E-state index in [2.05, 4.69) is 46.2 Å². The number of hydrogen-bond donors (Lipinski definition) is 0. The monoisotopic (exact) mass is 427 g/mol. The molecule has 3 aromatic carbocycles. The molecule has 1 aliphatic rings. The molecule has 5 heteroatoms. The maximum Gasteiger partial charge on any atom is 0.119 e. The van der Waals surface area contributed by atoms with Crippen LogP contribution in [-0.4, -0.2) is 41.0 Å². The summed E-state index contributed by atoms with van der Waals surface area (Å²) in [7, 11) is 0. The van der Waals surface area contributed by atoms with Crippen LogP contribution in [0.5, 0.6) is 5.75 Å². The molecular weight excluding hydrogens is 402 g/mol. The van der Waals surface area contributed by atoms with Crippen molar-refractivity contribution in [3.05, 3.63) is 101 Å². The van der Waals surface area contributed by atoms with E-state index in [0.29, 0.717) is 12.2 Å². The standard InChI is InChI=1S/C26H25N3OS/c27-18-23-8-4-5-9-24(23)20-30-25-12-10-22(11-13-25)26(31)29-16-14-28(15-17-29)19-21-6-2-1-3-7-21/h1-13H,14-17,19-20H2. The summed E-state index contributed by atoms with van der Waals surface area (Å²) in [6.07, 6.45) is 0. The zero-order valence-corrected chi connectivity index (χ0v) is 18.2. The predicted molar refractivity (Wildman–Crippen MR) is 127 cm³/mol. The molecule has 0 aliphatic carbocycles. The van der Waals surface area contributed by atoms with Crippen LogP contribution in [0.4, 0.5) is 0 Å². The molecule has 156 valence electrons. The molecular formula is C26H25N3OS. The van der Waals surface area contributed by atoms with Gasteiger partial charge in [0.25, 0.3) is 0 Å². The molecule has 1 heterocycles. The quantitative estimate of drug-likeness (QED) is 0.537. The van der Waals surface area contributed by atoms with Crippen molar-refractivity contribution in [1.82, 2.24) is 9.80 Å². The fraction of sp³-hybridized carbons (Fsp3) is 0.231. The molecule has 0 amide bonds. The fourth-order valence-corrected chi connectivity index (χ4v) is 4.06. The van der Waals surface area contributed by atoms with Gasteiger partial charge in [0.1, 0.15) is 17.3 Å². The molecule has 0 saturated carbocycles. The Labute approximate surface area is 189 Å². The SMILES string of the molecule is N#Cc1ccccc1COc1ccc(C(=S)N2CCN(Cc3ccccc3)CC2)cc1. The second kappa shape index (κ2) is 10.2. The topological polar surface area (TPSA) is 39.5 Å². The van der Waals surface area contributed by atoms with Crippen molar-refractivity contribution in [2.75, 3.05) is 26.2 Å². The summed E-state index contributed by atoms with van der Waals surface area (Å²) in [6, 6.07) is 28.2. The van der Waals surface area contributed by atoms with E-state index in [4.69, 9.17) is 17.0 Å². The molecule has 31 heavy (non-hydrogen) atoms. The van der Waals surface area contributed by atoms with Gasteiger partial charge in [0.2, 0.25) is 0 Å². The highest BCUT2D eigenvalue weighted by Gasteiger charge is 2.19. The fourth-order valence-electron chi connectivity index (χ4n) is 3.74. The van der Waals surface area contributed by atoms with Gasteiger partial charge in [-0.15, -0.1) is 0 Å². The van der Waals surface area contributed by atoms with Gasteiger partial charge in [-0.1, -0.05) is 60.7 Å². The third kappa shape index (κ3) is 5.49. The summed E-state index contributed by atoms with van der Waals surface area (Å²) in [4.78, 5) is 5.65. The van der Waals surface area contributed by atoms with E-state index >= 15 is 0 Å². The van der Waals surface area contributed by atoms with Gasteiger partial charge in [0, 0.05) is 43.9 Å². The first-order chi connectivity index (χ1) is 15.2. The molecule has 1 saturated heterocycles. The number of piperazine rings is 1. The van der Waals surface area contributed by atoms with Gasteiger partial charge in [-0.25, -0.2) is 0 Å². The molecule has 3 aromatic rings. The van der Waals surface area contributed by atoms with Crippen LogP contribution in [0.25, 0.3) is 0 Å². The summed E-state index contributed by atoms with van der Waals surface area (Å²) >= 11 is 5.76. The van der Waals surface area contributed by atoms with Gasteiger partial charge in [0.15, 0.2) is 0 Å². The summed E-state index contributed by atoms with van der Waals surface area (Å²) in [5, 5.41) is 9.20. The molecule has 0 atom stereocenters. The molecule has 0 unspecified atom stereocenters. The van der Waals surface area contributed by atoms with E-state index in [1.54, 1.807) is 6.07 Å². The van der Waals surface area contributed by atoms with E-state index < -0.39 is 0 Å². The Bertz CT molecular complexity index is 1050. The number of nitrogens with zero attached hydrogens (tertiary/aromatic N) is 3. The first kappa shape index (κ1) is 21.0. The van der Waals surface area contributed by atoms with Crippen molar-refractivity contribution in [2.24, 2.45) is 0 Å². The molecule has 0 spiro atoms. The van der Waals surface area contributed by atoms with Crippen LogP contribution in [0.2, 0.25) is 0 Å². The van der Waals surface area contributed by atoms with Gasteiger partial charge in [-0.3, -0.25) is 4.90 Å². The lowest BCUT2D eigenvalue weighted by molar-refractivity contribution is 0.177. The number of nitriles is 1. The van der Waals surface area contributed by atoms with Crippen molar-refractivity contribution in [3.8, 4) is 11.8 Å². The average molecular weight is 428 g/mol. The zero-order valence-electron chi connectivity index (χ0n) is 17.4. The van der Waals surface area contributed by atoms with Crippen LogP contribution in [-0.2, 0) is 13.2 Å². The van der Waals surface area contributed by atoms with Gasteiger partial charge in [-0.2, -0.15) is 5.26 Å². The maximum absolute atomic E-state index is 9.20. The largest absolute Gasteiger partial charge is 0.489 e. The van der Waals surface area contributed by atoms with Crippen LogP contribution in [0.1, 0.15) is 22.3 Å². The number of ether oxygens (including phenoxy) is 1. The highest BCUT2D eigenvalue weighted by molar-refractivity contribution is 7.80. The Balaban J connectivity index is 1.29. The first-order valence-corrected chi connectivity index (χ1v) is 10.9. The molecule has 1 fully saturated rings. The predicted octanol–water partition coefficient (Wildman–Crippen LogP) is 4.63. The van der Waals surface area contributed by atoms with Crippen molar-refractivity contribution in [2.45, 2.75) is 13.2 Å².